The summed E-state index contributed by atoms with van der Waals surface area (Å²) in [5.74, 6) is -1.19. The number of aliphatic imine (C=N–C) groups is 1. The van der Waals surface area contributed by atoms with Crippen LogP contribution in [0.1, 0.15) is 53.4 Å². The first kappa shape index (κ1) is 17.3. The minimum absolute atomic E-state index is 0.0421. The first-order valence-corrected chi connectivity index (χ1v) is 8.47. The Labute approximate surface area is 147 Å². The molecule has 2 aromatic rings. The van der Waals surface area contributed by atoms with E-state index >= 15 is 0 Å². The molecular weight excluding hydrogens is 317 g/mol. The maximum absolute atomic E-state index is 14.6. The van der Waals surface area contributed by atoms with Crippen molar-refractivity contribution in [3.05, 3.63) is 70.0 Å². The standard InChI is InChI=1S/C21H22FNO2/c1-5-25-20(24)16-10-15-17(11-18(16)22)21(3,4)12-23-19(15)14-9-7-6-8-13(14)2/h6-11H,5,12H2,1-4H3. The van der Waals surface area contributed by atoms with Crippen molar-refractivity contribution in [2.45, 2.75) is 33.1 Å². The van der Waals surface area contributed by atoms with Gasteiger partial charge < -0.3 is 4.74 Å². The average Bonchev–Trinajstić information content (AvgIpc) is 2.56. The lowest BCUT2D eigenvalue weighted by molar-refractivity contribution is 0.0521. The van der Waals surface area contributed by atoms with E-state index in [1.165, 1.54) is 6.07 Å². The highest BCUT2D eigenvalue weighted by Crippen LogP contribution is 2.35. The van der Waals surface area contributed by atoms with Gasteiger partial charge in [-0.2, -0.15) is 0 Å². The van der Waals surface area contributed by atoms with Crippen LogP contribution < -0.4 is 0 Å². The summed E-state index contributed by atoms with van der Waals surface area (Å²) >= 11 is 0. The molecule has 0 N–H and O–H groups in total. The van der Waals surface area contributed by atoms with Crippen LogP contribution in [0, 0.1) is 12.7 Å². The third-order valence-corrected chi connectivity index (χ3v) is 4.62. The topological polar surface area (TPSA) is 38.7 Å². The van der Waals surface area contributed by atoms with E-state index in [0.29, 0.717) is 6.54 Å². The van der Waals surface area contributed by atoms with Crippen molar-refractivity contribution >= 4 is 11.7 Å². The van der Waals surface area contributed by atoms with Gasteiger partial charge in [0.25, 0.3) is 0 Å². The predicted octanol–water partition coefficient (Wildman–Crippen LogP) is 4.44. The predicted molar refractivity (Wildman–Crippen MR) is 97.1 cm³/mol. The molecule has 0 aromatic heterocycles. The SMILES string of the molecule is CCOC(=O)c1cc2c(cc1F)C(C)(C)CN=C2c1ccccc1C. The summed E-state index contributed by atoms with van der Waals surface area (Å²) in [5, 5.41) is 0. The van der Waals surface area contributed by atoms with E-state index in [1.54, 1.807) is 13.0 Å². The van der Waals surface area contributed by atoms with Crippen molar-refractivity contribution in [2.75, 3.05) is 13.2 Å². The Balaban J connectivity index is 2.22. The number of carbonyl (C=O) groups is 1. The quantitative estimate of drug-likeness (QED) is 0.776. The largest absolute Gasteiger partial charge is 0.462 e. The number of benzene rings is 2. The molecule has 0 aliphatic carbocycles. The summed E-state index contributed by atoms with van der Waals surface area (Å²) in [4.78, 5) is 16.9. The molecule has 25 heavy (non-hydrogen) atoms. The number of aryl methyl sites for hydroxylation is 1. The molecule has 0 saturated carbocycles. The Kier molecular flexibility index (Phi) is 4.46. The molecule has 2 aromatic carbocycles. The van der Waals surface area contributed by atoms with E-state index < -0.39 is 11.8 Å². The van der Waals surface area contributed by atoms with Crippen LogP contribution in [-0.4, -0.2) is 24.8 Å². The molecule has 0 spiro atoms. The minimum Gasteiger partial charge on any atom is -0.462 e. The van der Waals surface area contributed by atoms with Crippen LogP contribution in [-0.2, 0) is 10.2 Å². The summed E-state index contributed by atoms with van der Waals surface area (Å²) in [7, 11) is 0. The van der Waals surface area contributed by atoms with Gasteiger partial charge in [0, 0.05) is 23.1 Å². The van der Waals surface area contributed by atoms with Crippen LogP contribution >= 0.6 is 0 Å². The zero-order valence-electron chi connectivity index (χ0n) is 15.0. The van der Waals surface area contributed by atoms with Gasteiger partial charge in [0.05, 0.1) is 17.9 Å². The third-order valence-electron chi connectivity index (χ3n) is 4.62. The molecule has 1 heterocycles. The Morgan fingerprint density at radius 2 is 1.96 bits per heavy atom. The van der Waals surface area contributed by atoms with Crippen molar-refractivity contribution in [2.24, 2.45) is 4.99 Å². The Morgan fingerprint density at radius 3 is 2.64 bits per heavy atom. The van der Waals surface area contributed by atoms with Crippen LogP contribution in [0.4, 0.5) is 4.39 Å². The maximum atomic E-state index is 14.6. The first-order chi connectivity index (χ1) is 11.8. The molecule has 1 aliphatic heterocycles. The second-order valence-corrected chi connectivity index (χ2v) is 6.96. The van der Waals surface area contributed by atoms with Crippen LogP contribution in [0.25, 0.3) is 0 Å². The van der Waals surface area contributed by atoms with E-state index in [-0.39, 0.29) is 17.6 Å². The molecule has 4 heteroatoms. The number of fused-ring (bicyclic) bond motifs is 1. The van der Waals surface area contributed by atoms with E-state index in [1.807, 2.05) is 45.0 Å². The van der Waals surface area contributed by atoms with Crippen molar-refractivity contribution in [1.29, 1.82) is 0 Å². The van der Waals surface area contributed by atoms with Crippen molar-refractivity contribution < 1.29 is 13.9 Å². The van der Waals surface area contributed by atoms with Crippen LogP contribution in [0.3, 0.4) is 0 Å². The van der Waals surface area contributed by atoms with Crippen LogP contribution in [0.5, 0.6) is 0 Å². The fourth-order valence-electron chi connectivity index (χ4n) is 3.21. The average molecular weight is 339 g/mol. The van der Waals surface area contributed by atoms with Crippen LogP contribution in [0.15, 0.2) is 41.4 Å². The normalized spacial score (nSPS) is 15.3. The van der Waals surface area contributed by atoms with E-state index in [9.17, 15) is 9.18 Å². The number of hydrogen-bond acceptors (Lipinski definition) is 3. The maximum Gasteiger partial charge on any atom is 0.341 e. The van der Waals surface area contributed by atoms with Gasteiger partial charge in [-0.25, -0.2) is 9.18 Å². The molecule has 3 nitrogen and oxygen atoms in total. The number of esters is 1. The van der Waals surface area contributed by atoms with Gasteiger partial charge in [-0.15, -0.1) is 0 Å². The molecule has 0 saturated heterocycles. The number of ether oxygens (including phenoxy) is 1. The van der Waals surface area contributed by atoms with Gasteiger partial charge in [-0.3, -0.25) is 4.99 Å². The zero-order valence-corrected chi connectivity index (χ0v) is 15.0. The lowest BCUT2D eigenvalue weighted by Crippen LogP contribution is -2.31. The van der Waals surface area contributed by atoms with Gasteiger partial charge >= 0.3 is 5.97 Å². The minimum atomic E-state index is -0.643. The molecule has 0 fully saturated rings. The Morgan fingerprint density at radius 1 is 1.24 bits per heavy atom. The molecule has 0 radical (unpaired) electrons. The summed E-state index contributed by atoms with van der Waals surface area (Å²) in [6, 6.07) is 11.0. The van der Waals surface area contributed by atoms with Gasteiger partial charge in [0.2, 0.25) is 0 Å². The molecule has 130 valence electrons. The van der Waals surface area contributed by atoms with E-state index in [0.717, 1.165) is 28.0 Å². The van der Waals surface area contributed by atoms with Gasteiger partial charge in [-0.1, -0.05) is 38.1 Å². The second kappa shape index (κ2) is 6.43. The van der Waals surface area contributed by atoms with Crippen molar-refractivity contribution in [1.82, 2.24) is 0 Å². The highest BCUT2D eigenvalue weighted by molar-refractivity contribution is 6.16. The van der Waals surface area contributed by atoms with E-state index in [2.05, 4.69) is 0 Å². The van der Waals surface area contributed by atoms with Crippen molar-refractivity contribution in [3.8, 4) is 0 Å². The smallest absolute Gasteiger partial charge is 0.341 e. The number of rotatable bonds is 3. The van der Waals surface area contributed by atoms with Crippen LogP contribution in [0.2, 0.25) is 0 Å². The molecule has 0 atom stereocenters. The molecule has 0 bridgehead atoms. The number of nitrogens with zero attached hydrogens (tertiary/aromatic N) is 1. The Bertz CT molecular complexity index is 868. The number of hydrogen-bond donors (Lipinski definition) is 0. The Hall–Kier alpha value is -2.49. The highest BCUT2D eigenvalue weighted by Gasteiger charge is 2.32. The first-order valence-electron chi connectivity index (χ1n) is 8.47. The molecule has 1 aliphatic rings. The second-order valence-electron chi connectivity index (χ2n) is 6.96. The number of halogens is 1. The lowest BCUT2D eigenvalue weighted by Gasteiger charge is -2.32. The van der Waals surface area contributed by atoms with Gasteiger partial charge in [0.15, 0.2) is 0 Å². The third kappa shape index (κ3) is 3.09. The highest BCUT2D eigenvalue weighted by atomic mass is 19.1. The summed E-state index contributed by atoms with van der Waals surface area (Å²) < 4.78 is 19.6. The monoisotopic (exact) mass is 339 g/mol. The summed E-state index contributed by atoms with van der Waals surface area (Å²) in [6.07, 6.45) is 0. The van der Waals surface area contributed by atoms with Gasteiger partial charge in [0.1, 0.15) is 5.82 Å². The number of carbonyl (C=O) groups excluding carboxylic acids is 1. The van der Waals surface area contributed by atoms with Crippen molar-refractivity contribution in [3.63, 3.8) is 0 Å². The molecule has 3 rings (SSSR count). The fourth-order valence-corrected chi connectivity index (χ4v) is 3.21. The summed E-state index contributed by atoms with van der Waals surface area (Å²) in [6.45, 7) is 8.58. The van der Waals surface area contributed by atoms with Gasteiger partial charge in [-0.05, 0) is 37.1 Å². The molecule has 0 unspecified atom stereocenters. The fraction of sp³-hybridized carbons (Fsp3) is 0.333. The lowest BCUT2D eigenvalue weighted by atomic mass is 9.76. The summed E-state index contributed by atoms with van der Waals surface area (Å²) in [5.41, 5.74) is 4.23. The molecule has 0 amide bonds. The molecular formula is C21H22FNO2. The van der Waals surface area contributed by atoms with E-state index in [4.69, 9.17) is 9.73 Å². The zero-order chi connectivity index (χ0) is 18.2.